The normalized spacial score (nSPS) is 32.1. The van der Waals surface area contributed by atoms with Gasteiger partial charge in [-0.25, -0.2) is 0 Å². The fraction of sp³-hybridized carbons (Fsp3) is 0.889. The molecule has 0 saturated carbocycles. The van der Waals surface area contributed by atoms with Crippen molar-refractivity contribution in [3.05, 3.63) is 0 Å². The van der Waals surface area contributed by atoms with Crippen molar-refractivity contribution < 1.29 is 4.84 Å². The Morgan fingerprint density at radius 3 is 3.00 bits per heavy atom. The van der Waals surface area contributed by atoms with Crippen molar-refractivity contribution in [1.82, 2.24) is 0 Å². The van der Waals surface area contributed by atoms with E-state index in [0.717, 1.165) is 25.0 Å². The Labute approximate surface area is 68.6 Å². The summed E-state index contributed by atoms with van der Waals surface area (Å²) in [5.41, 5.74) is 1.12. The lowest BCUT2D eigenvalue weighted by atomic mass is 9.96. The fourth-order valence-corrected chi connectivity index (χ4v) is 1.24. The first kappa shape index (κ1) is 8.57. The molecule has 0 aliphatic carbocycles. The van der Waals surface area contributed by atoms with E-state index in [2.05, 4.69) is 19.0 Å². The van der Waals surface area contributed by atoms with Crippen molar-refractivity contribution in [3.8, 4) is 0 Å². The topological polar surface area (TPSA) is 21.6 Å². The second kappa shape index (κ2) is 3.24. The number of nitrogens with zero attached hydrogens (tertiary/aromatic N) is 1. The highest BCUT2D eigenvalue weighted by Gasteiger charge is 2.25. The molecule has 0 radical (unpaired) electrons. The van der Waals surface area contributed by atoms with Crippen LogP contribution in [-0.2, 0) is 4.84 Å². The SMILES string of the molecule is CCC1(C)CCCC(C)=NO1. The van der Waals surface area contributed by atoms with E-state index in [1.54, 1.807) is 0 Å². The highest BCUT2D eigenvalue weighted by atomic mass is 16.6. The van der Waals surface area contributed by atoms with Gasteiger partial charge >= 0.3 is 0 Å². The summed E-state index contributed by atoms with van der Waals surface area (Å²) in [6, 6.07) is 0. The van der Waals surface area contributed by atoms with E-state index in [9.17, 15) is 0 Å². The van der Waals surface area contributed by atoms with Crippen LogP contribution in [-0.4, -0.2) is 11.3 Å². The van der Waals surface area contributed by atoms with Crippen LogP contribution in [0.15, 0.2) is 5.16 Å². The van der Waals surface area contributed by atoms with Crippen LogP contribution in [0.2, 0.25) is 0 Å². The van der Waals surface area contributed by atoms with Crippen LogP contribution in [0.25, 0.3) is 0 Å². The molecule has 0 aromatic carbocycles. The zero-order chi connectivity index (χ0) is 8.32. The van der Waals surface area contributed by atoms with Gasteiger partial charge in [-0.1, -0.05) is 12.1 Å². The van der Waals surface area contributed by atoms with E-state index in [1.165, 1.54) is 6.42 Å². The maximum Gasteiger partial charge on any atom is 0.134 e. The molecule has 0 spiro atoms. The highest BCUT2D eigenvalue weighted by Crippen LogP contribution is 2.25. The summed E-state index contributed by atoms with van der Waals surface area (Å²) >= 11 is 0. The molecule has 0 amide bonds. The molecule has 1 unspecified atom stereocenters. The lowest BCUT2D eigenvalue weighted by Crippen LogP contribution is -2.24. The smallest absolute Gasteiger partial charge is 0.134 e. The minimum absolute atomic E-state index is 0.00222. The third kappa shape index (κ3) is 2.21. The molecule has 0 N–H and O–H groups in total. The Bertz CT molecular complexity index is 165. The molecule has 64 valence electrons. The molecule has 2 heteroatoms. The van der Waals surface area contributed by atoms with Crippen LogP contribution >= 0.6 is 0 Å². The summed E-state index contributed by atoms with van der Waals surface area (Å²) in [6.45, 7) is 6.31. The number of hydrogen-bond acceptors (Lipinski definition) is 2. The molecule has 0 fully saturated rings. The number of rotatable bonds is 1. The molecule has 0 aromatic heterocycles. The van der Waals surface area contributed by atoms with Gasteiger partial charge in [-0.2, -0.15) is 0 Å². The molecule has 1 atom stereocenters. The summed E-state index contributed by atoms with van der Waals surface area (Å²) in [5.74, 6) is 0. The molecule has 0 bridgehead atoms. The predicted octanol–water partition coefficient (Wildman–Crippen LogP) is 2.73. The molecule has 11 heavy (non-hydrogen) atoms. The van der Waals surface area contributed by atoms with Gasteiger partial charge in [0.05, 0.1) is 5.71 Å². The van der Waals surface area contributed by atoms with E-state index >= 15 is 0 Å². The van der Waals surface area contributed by atoms with Crippen LogP contribution in [0.5, 0.6) is 0 Å². The molecule has 0 saturated heterocycles. The van der Waals surface area contributed by atoms with Crippen LogP contribution in [0, 0.1) is 0 Å². The van der Waals surface area contributed by atoms with Crippen LogP contribution in [0.4, 0.5) is 0 Å². The maximum absolute atomic E-state index is 5.44. The van der Waals surface area contributed by atoms with Crippen LogP contribution < -0.4 is 0 Å². The van der Waals surface area contributed by atoms with Crippen molar-refractivity contribution in [2.75, 3.05) is 0 Å². The van der Waals surface area contributed by atoms with Gasteiger partial charge in [0.2, 0.25) is 0 Å². The number of hydrogen-bond donors (Lipinski definition) is 0. The lowest BCUT2D eigenvalue weighted by Gasteiger charge is -2.23. The first-order valence-electron chi connectivity index (χ1n) is 4.38. The minimum atomic E-state index is -0.00222. The van der Waals surface area contributed by atoms with E-state index < -0.39 is 0 Å². The predicted molar refractivity (Wildman–Crippen MR) is 46.7 cm³/mol. The summed E-state index contributed by atoms with van der Waals surface area (Å²) in [6.07, 6.45) is 4.48. The van der Waals surface area contributed by atoms with Crippen molar-refractivity contribution in [2.24, 2.45) is 5.16 Å². The van der Waals surface area contributed by atoms with Crippen molar-refractivity contribution in [1.29, 1.82) is 0 Å². The molecule has 2 nitrogen and oxygen atoms in total. The second-order valence-electron chi connectivity index (χ2n) is 3.57. The fourth-order valence-electron chi connectivity index (χ4n) is 1.24. The average molecular weight is 155 g/mol. The zero-order valence-electron chi connectivity index (χ0n) is 7.68. The average Bonchev–Trinajstić information content (AvgIpc) is 2.15. The maximum atomic E-state index is 5.44. The Morgan fingerprint density at radius 2 is 2.36 bits per heavy atom. The Hall–Kier alpha value is -0.530. The third-order valence-corrected chi connectivity index (χ3v) is 2.41. The van der Waals surface area contributed by atoms with E-state index in [1.807, 2.05) is 6.92 Å². The second-order valence-corrected chi connectivity index (χ2v) is 3.57. The van der Waals surface area contributed by atoms with Gasteiger partial charge in [-0.3, -0.25) is 0 Å². The molecule has 1 rings (SSSR count). The van der Waals surface area contributed by atoms with Gasteiger partial charge < -0.3 is 4.84 Å². The van der Waals surface area contributed by atoms with Gasteiger partial charge in [-0.05, 0) is 39.5 Å². The zero-order valence-corrected chi connectivity index (χ0v) is 7.68. The van der Waals surface area contributed by atoms with Crippen LogP contribution in [0.3, 0.4) is 0 Å². The highest BCUT2D eigenvalue weighted by molar-refractivity contribution is 5.81. The molecule has 1 aliphatic heterocycles. The van der Waals surface area contributed by atoms with E-state index in [4.69, 9.17) is 4.84 Å². The first-order chi connectivity index (χ1) is 5.16. The number of oxime groups is 1. The minimum Gasteiger partial charge on any atom is -0.390 e. The van der Waals surface area contributed by atoms with E-state index in [-0.39, 0.29) is 5.60 Å². The molecular formula is C9H17NO. The Kier molecular flexibility index (Phi) is 2.53. The summed E-state index contributed by atoms with van der Waals surface area (Å²) in [5, 5.41) is 4.06. The Morgan fingerprint density at radius 1 is 1.64 bits per heavy atom. The summed E-state index contributed by atoms with van der Waals surface area (Å²) < 4.78 is 0. The van der Waals surface area contributed by atoms with Crippen LogP contribution in [0.1, 0.15) is 46.5 Å². The quantitative estimate of drug-likeness (QED) is 0.570. The molecule has 0 aromatic rings. The largest absolute Gasteiger partial charge is 0.390 e. The van der Waals surface area contributed by atoms with Gasteiger partial charge in [-0.15, -0.1) is 0 Å². The third-order valence-electron chi connectivity index (χ3n) is 2.41. The van der Waals surface area contributed by atoms with Gasteiger partial charge in [0.25, 0.3) is 0 Å². The Balaban J connectivity index is 2.59. The standard InChI is InChI=1S/C9H17NO/c1-4-9(3)7-5-6-8(2)10-11-9/h4-7H2,1-3H3. The van der Waals surface area contributed by atoms with E-state index in [0.29, 0.717) is 0 Å². The van der Waals surface area contributed by atoms with Gasteiger partial charge in [0, 0.05) is 0 Å². The molecule has 1 aliphatic rings. The monoisotopic (exact) mass is 155 g/mol. The van der Waals surface area contributed by atoms with Gasteiger partial charge in [0.1, 0.15) is 5.60 Å². The van der Waals surface area contributed by atoms with Crippen molar-refractivity contribution in [2.45, 2.75) is 52.1 Å². The van der Waals surface area contributed by atoms with Gasteiger partial charge in [0.15, 0.2) is 0 Å². The van der Waals surface area contributed by atoms with Crippen molar-refractivity contribution >= 4 is 5.71 Å². The summed E-state index contributed by atoms with van der Waals surface area (Å²) in [4.78, 5) is 5.44. The lowest BCUT2D eigenvalue weighted by molar-refractivity contribution is -0.0347. The summed E-state index contributed by atoms with van der Waals surface area (Å²) in [7, 11) is 0. The van der Waals surface area contributed by atoms with Crippen molar-refractivity contribution in [3.63, 3.8) is 0 Å². The molecule has 1 heterocycles. The first-order valence-corrected chi connectivity index (χ1v) is 4.38. The molecular weight excluding hydrogens is 138 g/mol.